The molecular weight excluding hydrogens is 443 g/mol. The number of hydrogen-bond donors (Lipinski definition) is 1. The van der Waals surface area contributed by atoms with E-state index in [-0.39, 0.29) is 12.0 Å². The molecule has 1 aliphatic carbocycles. The number of nitrogens with zero attached hydrogens (tertiary/aromatic N) is 3. The first-order valence-corrected chi connectivity index (χ1v) is 11.1. The van der Waals surface area contributed by atoms with Gasteiger partial charge in [-0.25, -0.2) is 4.39 Å². The van der Waals surface area contributed by atoms with Crippen LogP contribution in [0.15, 0.2) is 54.9 Å². The molecule has 8 heteroatoms. The van der Waals surface area contributed by atoms with Crippen LogP contribution in [-0.4, -0.2) is 39.1 Å². The van der Waals surface area contributed by atoms with E-state index < -0.39 is 6.67 Å². The molecule has 0 radical (unpaired) electrons. The number of nitrogens with one attached hydrogen (secondary N) is 1. The monoisotopic (exact) mass is 464 g/mol. The van der Waals surface area contributed by atoms with Gasteiger partial charge in [0.05, 0.1) is 23.5 Å². The van der Waals surface area contributed by atoms with Crippen molar-refractivity contribution in [3.8, 4) is 16.9 Å². The first-order chi connectivity index (χ1) is 16.0. The predicted molar refractivity (Wildman–Crippen MR) is 125 cm³/mol. The van der Waals surface area contributed by atoms with Crippen LogP contribution in [0.25, 0.3) is 22.0 Å². The van der Waals surface area contributed by atoms with Crippen molar-refractivity contribution in [3.05, 3.63) is 76.7 Å². The molecule has 168 valence electrons. The summed E-state index contributed by atoms with van der Waals surface area (Å²) in [4.78, 5) is 19.0. The molecule has 6 nitrogen and oxygen atoms in total. The van der Waals surface area contributed by atoms with E-state index in [0.717, 1.165) is 29.5 Å². The third-order valence-corrected chi connectivity index (χ3v) is 5.95. The molecule has 1 amide bonds. The fraction of sp³-hybridized carbons (Fsp3) is 0.240. The van der Waals surface area contributed by atoms with Crippen LogP contribution in [0, 0.1) is 0 Å². The number of rotatable bonds is 7. The summed E-state index contributed by atoms with van der Waals surface area (Å²) < 4.78 is 19.3. The molecule has 0 unspecified atom stereocenters. The third kappa shape index (κ3) is 4.41. The topological polar surface area (TPSA) is 71.1 Å². The smallest absolute Gasteiger partial charge is 0.254 e. The van der Waals surface area contributed by atoms with Crippen molar-refractivity contribution in [2.45, 2.75) is 32.2 Å². The Kier molecular flexibility index (Phi) is 5.72. The fourth-order valence-electron chi connectivity index (χ4n) is 3.83. The molecule has 2 heterocycles. The Morgan fingerprint density at radius 1 is 1.24 bits per heavy atom. The molecule has 0 spiro atoms. The molecule has 5 rings (SSSR count). The van der Waals surface area contributed by atoms with Gasteiger partial charge in [-0.1, -0.05) is 23.7 Å². The number of alkyl halides is 1. The van der Waals surface area contributed by atoms with Gasteiger partial charge >= 0.3 is 0 Å². The maximum atomic E-state index is 13.2. The van der Waals surface area contributed by atoms with Crippen molar-refractivity contribution in [1.82, 2.24) is 20.1 Å². The van der Waals surface area contributed by atoms with E-state index >= 15 is 0 Å². The Hall–Kier alpha value is -3.45. The zero-order valence-electron chi connectivity index (χ0n) is 18.0. The van der Waals surface area contributed by atoms with Crippen LogP contribution in [0.3, 0.4) is 0 Å². The number of fused-ring (bicyclic) bond motifs is 1. The lowest BCUT2D eigenvalue weighted by Gasteiger charge is -2.19. The summed E-state index contributed by atoms with van der Waals surface area (Å²) >= 11 is 6.18. The summed E-state index contributed by atoms with van der Waals surface area (Å²) in [6, 6.07) is 13.1. The lowest BCUT2D eigenvalue weighted by atomic mass is 10.0. The number of carbonyl (C=O) groups excluding carboxylic acids is 1. The molecule has 1 aliphatic rings. The van der Waals surface area contributed by atoms with E-state index in [9.17, 15) is 9.18 Å². The number of benzene rings is 2. The first-order valence-electron chi connectivity index (χ1n) is 10.7. The second-order valence-electron chi connectivity index (χ2n) is 8.22. The highest BCUT2D eigenvalue weighted by molar-refractivity contribution is 6.30. The number of ether oxygens (including phenoxy) is 1. The highest BCUT2D eigenvalue weighted by atomic mass is 35.5. The maximum Gasteiger partial charge on any atom is 0.254 e. The standard InChI is InChI=1S/C25H22ClFN4O2/c1-31(14-17-12-28-22(11-27)21-13-29-30-24(17)21)25(32)16-5-8-20(15-3-2-4-18(26)9-15)23(10-16)33-19-6-7-19/h2-5,8-10,12-13,19H,6-7,11,14H2,1H3,(H,29,30). The highest BCUT2D eigenvalue weighted by Gasteiger charge is 2.26. The molecule has 0 aliphatic heterocycles. The average Bonchev–Trinajstić information content (AvgIpc) is 3.49. The van der Waals surface area contributed by atoms with Crippen molar-refractivity contribution in [1.29, 1.82) is 0 Å². The number of aromatic amines is 1. The van der Waals surface area contributed by atoms with Gasteiger partial charge in [-0.05, 0) is 48.7 Å². The zero-order chi connectivity index (χ0) is 22.9. The van der Waals surface area contributed by atoms with E-state index in [2.05, 4.69) is 15.2 Å². The van der Waals surface area contributed by atoms with Crippen LogP contribution < -0.4 is 4.74 Å². The van der Waals surface area contributed by atoms with Gasteiger partial charge in [-0.3, -0.25) is 14.9 Å². The van der Waals surface area contributed by atoms with Gasteiger partial charge in [0.25, 0.3) is 5.91 Å². The van der Waals surface area contributed by atoms with E-state index in [0.29, 0.717) is 39.5 Å². The molecule has 1 saturated carbocycles. The van der Waals surface area contributed by atoms with Crippen LogP contribution in [-0.2, 0) is 13.2 Å². The number of amides is 1. The van der Waals surface area contributed by atoms with E-state index in [1.807, 2.05) is 30.3 Å². The molecule has 0 atom stereocenters. The molecule has 0 saturated heterocycles. The summed E-state index contributed by atoms with van der Waals surface area (Å²) in [5, 5.41) is 8.17. The number of hydrogen-bond acceptors (Lipinski definition) is 4. The number of pyridine rings is 1. The Morgan fingerprint density at radius 3 is 2.85 bits per heavy atom. The largest absolute Gasteiger partial charge is 0.490 e. The lowest BCUT2D eigenvalue weighted by molar-refractivity contribution is 0.0785. The van der Waals surface area contributed by atoms with Crippen LogP contribution in [0.1, 0.15) is 34.5 Å². The molecular formula is C25H22ClFN4O2. The maximum absolute atomic E-state index is 13.2. The van der Waals surface area contributed by atoms with Gasteiger partial charge in [0, 0.05) is 46.9 Å². The number of aromatic nitrogens is 3. The van der Waals surface area contributed by atoms with E-state index in [1.165, 1.54) is 0 Å². The zero-order valence-corrected chi connectivity index (χ0v) is 18.8. The van der Waals surface area contributed by atoms with Gasteiger partial charge in [-0.15, -0.1) is 0 Å². The lowest BCUT2D eigenvalue weighted by Crippen LogP contribution is -2.26. The minimum Gasteiger partial charge on any atom is -0.490 e. The number of halogens is 2. The van der Waals surface area contributed by atoms with Crippen LogP contribution in [0.5, 0.6) is 5.75 Å². The third-order valence-electron chi connectivity index (χ3n) is 5.71. The molecule has 33 heavy (non-hydrogen) atoms. The van der Waals surface area contributed by atoms with Gasteiger partial charge < -0.3 is 9.64 Å². The van der Waals surface area contributed by atoms with Crippen molar-refractivity contribution >= 4 is 28.4 Å². The van der Waals surface area contributed by atoms with E-state index in [1.54, 1.807) is 36.5 Å². The van der Waals surface area contributed by atoms with Gasteiger partial charge in [0.1, 0.15) is 12.4 Å². The van der Waals surface area contributed by atoms with Crippen LogP contribution in [0.4, 0.5) is 4.39 Å². The second kappa shape index (κ2) is 8.83. The van der Waals surface area contributed by atoms with Crippen molar-refractivity contribution in [2.75, 3.05) is 7.05 Å². The van der Waals surface area contributed by atoms with Crippen LogP contribution in [0.2, 0.25) is 5.02 Å². The summed E-state index contributed by atoms with van der Waals surface area (Å²) in [7, 11) is 1.72. The summed E-state index contributed by atoms with van der Waals surface area (Å²) in [6.45, 7) is -0.375. The van der Waals surface area contributed by atoms with Crippen molar-refractivity contribution in [2.24, 2.45) is 0 Å². The van der Waals surface area contributed by atoms with Gasteiger partial charge in [-0.2, -0.15) is 5.10 Å². The Morgan fingerprint density at radius 2 is 2.09 bits per heavy atom. The van der Waals surface area contributed by atoms with Crippen molar-refractivity contribution in [3.63, 3.8) is 0 Å². The molecule has 0 bridgehead atoms. The minimum atomic E-state index is -0.673. The molecule has 2 aromatic carbocycles. The first kappa shape index (κ1) is 21.4. The van der Waals surface area contributed by atoms with Gasteiger partial charge in [0.2, 0.25) is 0 Å². The Labute approximate surface area is 195 Å². The number of H-pyrrole nitrogens is 1. The van der Waals surface area contributed by atoms with E-state index in [4.69, 9.17) is 16.3 Å². The second-order valence-corrected chi connectivity index (χ2v) is 8.66. The molecule has 4 aromatic rings. The molecule has 2 aromatic heterocycles. The Balaban J connectivity index is 1.43. The minimum absolute atomic E-state index is 0.157. The SMILES string of the molecule is CN(Cc1cnc(CF)c2cn[nH]c12)C(=O)c1ccc(-c2cccc(Cl)c2)c(OC2CC2)c1. The average molecular weight is 465 g/mol. The molecule has 1 fully saturated rings. The quantitative estimate of drug-likeness (QED) is 0.388. The highest BCUT2D eigenvalue weighted by Crippen LogP contribution is 2.36. The predicted octanol–water partition coefficient (Wildman–Crippen LogP) is 5.56. The summed E-state index contributed by atoms with van der Waals surface area (Å²) in [6.07, 6.45) is 5.34. The number of carbonyl (C=O) groups is 1. The normalized spacial score (nSPS) is 13.3. The molecule has 1 N–H and O–H groups in total. The summed E-state index contributed by atoms with van der Waals surface area (Å²) in [5.41, 5.74) is 4.13. The fourth-order valence-corrected chi connectivity index (χ4v) is 4.02. The van der Waals surface area contributed by atoms with Crippen molar-refractivity contribution < 1.29 is 13.9 Å². The van der Waals surface area contributed by atoms with Gasteiger partial charge in [0.15, 0.2) is 0 Å². The van der Waals surface area contributed by atoms with Crippen LogP contribution >= 0.6 is 11.6 Å². The Bertz CT molecular complexity index is 1340. The summed E-state index contributed by atoms with van der Waals surface area (Å²) in [5.74, 6) is 0.513.